The molecule has 0 unspecified atom stereocenters. The zero-order valence-electron chi connectivity index (χ0n) is 12.7. The predicted molar refractivity (Wildman–Crippen MR) is 87.5 cm³/mol. The van der Waals surface area contributed by atoms with Gasteiger partial charge < -0.3 is 10.4 Å². The first-order chi connectivity index (χ1) is 10.1. The van der Waals surface area contributed by atoms with Crippen molar-refractivity contribution < 1.29 is 9.90 Å². The molecule has 1 saturated carbocycles. The fourth-order valence-electron chi connectivity index (χ4n) is 2.81. The number of nitrogens with one attached hydrogen (secondary N) is 1. The molecule has 0 bridgehead atoms. The minimum atomic E-state index is -0.0809. The Bertz CT molecular complexity index is 452. The number of thioether (sulfide) groups is 1. The van der Waals surface area contributed by atoms with Gasteiger partial charge in [0.1, 0.15) is 0 Å². The number of rotatable bonds is 6. The molecule has 1 fully saturated rings. The lowest BCUT2D eigenvalue weighted by atomic mass is 9.74. The van der Waals surface area contributed by atoms with Crippen LogP contribution in [0.2, 0.25) is 0 Å². The van der Waals surface area contributed by atoms with E-state index in [-0.39, 0.29) is 17.9 Å². The molecule has 4 heteroatoms. The van der Waals surface area contributed by atoms with Crippen LogP contribution >= 0.6 is 11.8 Å². The summed E-state index contributed by atoms with van der Waals surface area (Å²) < 4.78 is 0. The van der Waals surface area contributed by atoms with Gasteiger partial charge in [0.05, 0.1) is 12.4 Å². The van der Waals surface area contributed by atoms with E-state index >= 15 is 0 Å². The molecule has 2 N–H and O–H groups in total. The van der Waals surface area contributed by atoms with E-state index in [2.05, 4.69) is 24.4 Å². The van der Waals surface area contributed by atoms with Crippen LogP contribution in [0, 0.1) is 12.3 Å². The van der Waals surface area contributed by atoms with Crippen molar-refractivity contribution >= 4 is 17.7 Å². The van der Waals surface area contributed by atoms with E-state index in [1.165, 1.54) is 12.0 Å². The van der Waals surface area contributed by atoms with E-state index in [1.54, 1.807) is 11.8 Å². The smallest absolute Gasteiger partial charge is 0.230 e. The molecule has 0 saturated heterocycles. The number of carbonyl (C=O) groups excluding carboxylic acids is 1. The molecule has 1 aliphatic carbocycles. The lowest BCUT2D eigenvalue weighted by Crippen LogP contribution is -2.42. The maximum Gasteiger partial charge on any atom is 0.230 e. The highest BCUT2D eigenvalue weighted by Crippen LogP contribution is 2.35. The van der Waals surface area contributed by atoms with Crippen molar-refractivity contribution in [1.29, 1.82) is 0 Å². The molecule has 116 valence electrons. The third kappa shape index (κ3) is 5.04. The molecule has 0 aromatic heterocycles. The van der Waals surface area contributed by atoms with Crippen LogP contribution in [0.4, 0.5) is 0 Å². The number of carbonyl (C=O) groups is 1. The molecule has 0 radical (unpaired) electrons. The van der Waals surface area contributed by atoms with Crippen LogP contribution in [-0.4, -0.2) is 29.9 Å². The van der Waals surface area contributed by atoms with Gasteiger partial charge in [-0.05, 0) is 31.9 Å². The highest BCUT2D eigenvalue weighted by molar-refractivity contribution is 8.00. The molecule has 1 aliphatic rings. The molecule has 0 atom stereocenters. The van der Waals surface area contributed by atoms with Gasteiger partial charge in [0.25, 0.3) is 0 Å². The van der Waals surface area contributed by atoms with Crippen molar-refractivity contribution in [3.63, 3.8) is 0 Å². The maximum absolute atomic E-state index is 12.0. The molecule has 3 nitrogen and oxygen atoms in total. The second kappa shape index (κ2) is 7.85. The van der Waals surface area contributed by atoms with Crippen molar-refractivity contribution in [2.24, 2.45) is 5.41 Å². The average Bonchev–Trinajstić information content (AvgIpc) is 2.53. The van der Waals surface area contributed by atoms with E-state index < -0.39 is 0 Å². The highest BCUT2D eigenvalue weighted by atomic mass is 32.2. The van der Waals surface area contributed by atoms with Gasteiger partial charge in [0.15, 0.2) is 0 Å². The van der Waals surface area contributed by atoms with Gasteiger partial charge in [0, 0.05) is 16.9 Å². The summed E-state index contributed by atoms with van der Waals surface area (Å²) in [5.74, 6) is 0.490. The molecule has 1 amide bonds. The second-order valence-corrected chi connectivity index (χ2v) is 7.15. The second-order valence-electron chi connectivity index (χ2n) is 6.10. The van der Waals surface area contributed by atoms with Crippen LogP contribution in [0.5, 0.6) is 0 Å². The molecule has 1 aromatic rings. The van der Waals surface area contributed by atoms with Gasteiger partial charge in [-0.1, -0.05) is 37.0 Å². The molecule has 2 rings (SSSR count). The monoisotopic (exact) mass is 307 g/mol. The Labute approximate surface area is 131 Å². The van der Waals surface area contributed by atoms with Crippen molar-refractivity contribution in [1.82, 2.24) is 5.32 Å². The fourth-order valence-corrected chi connectivity index (χ4v) is 3.54. The third-order valence-electron chi connectivity index (χ3n) is 4.30. The number of benzene rings is 1. The molecule has 21 heavy (non-hydrogen) atoms. The first kappa shape index (κ1) is 16.4. The van der Waals surface area contributed by atoms with Crippen LogP contribution in [0.1, 0.15) is 37.7 Å². The Morgan fingerprint density at radius 2 is 1.90 bits per heavy atom. The summed E-state index contributed by atoms with van der Waals surface area (Å²) in [5, 5.41) is 12.6. The molecule has 0 heterocycles. The Morgan fingerprint density at radius 1 is 1.24 bits per heavy atom. The predicted octanol–water partition coefficient (Wildman–Crippen LogP) is 3.15. The molecule has 0 aliphatic heterocycles. The summed E-state index contributed by atoms with van der Waals surface area (Å²) >= 11 is 1.56. The zero-order chi connectivity index (χ0) is 15.1. The number of aliphatic hydroxyl groups is 1. The average molecular weight is 307 g/mol. The number of amides is 1. The first-order valence-corrected chi connectivity index (χ1v) is 8.69. The first-order valence-electron chi connectivity index (χ1n) is 7.71. The van der Waals surface area contributed by atoms with Gasteiger partial charge in [-0.3, -0.25) is 4.79 Å². The number of hydrogen-bond acceptors (Lipinski definition) is 3. The Morgan fingerprint density at radius 3 is 2.52 bits per heavy atom. The Balaban J connectivity index is 1.75. The van der Waals surface area contributed by atoms with E-state index in [4.69, 9.17) is 0 Å². The lowest BCUT2D eigenvalue weighted by molar-refractivity contribution is -0.119. The summed E-state index contributed by atoms with van der Waals surface area (Å²) in [4.78, 5) is 13.1. The Hall–Kier alpha value is -1.00. The van der Waals surface area contributed by atoms with Crippen molar-refractivity contribution in [2.45, 2.75) is 43.9 Å². The molecule has 1 aromatic carbocycles. The van der Waals surface area contributed by atoms with Crippen molar-refractivity contribution in [3.8, 4) is 0 Å². The summed E-state index contributed by atoms with van der Waals surface area (Å²) in [5.41, 5.74) is 1.15. The van der Waals surface area contributed by atoms with E-state index in [0.29, 0.717) is 12.3 Å². The minimum Gasteiger partial charge on any atom is -0.396 e. The SMILES string of the molecule is Cc1ccc(SCC(=O)NCC2(CO)CCCCC2)cc1. The molecular formula is C17H25NO2S. The van der Waals surface area contributed by atoms with E-state index in [0.717, 1.165) is 30.6 Å². The summed E-state index contributed by atoms with van der Waals surface area (Å²) in [6.45, 7) is 2.84. The largest absolute Gasteiger partial charge is 0.396 e. The minimum absolute atomic E-state index is 0.0546. The molecule has 0 spiro atoms. The fraction of sp³-hybridized carbons (Fsp3) is 0.588. The highest BCUT2D eigenvalue weighted by Gasteiger charge is 2.31. The van der Waals surface area contributed by atoms with Crippen molar-refractivity contribution in [3.05, 3.63) is 29.8 Å². The third-order valence-corrected chi connectivity index (χ3v) is 5.31. The van der Waals surface area contributed by atoms with Gasteiger partial charge in [-0.2, -0.15) is 0 Å². The molecular weight excluding hydrogens is 282 g/mol. The van der Waals surface area contributed by atoms with Crippen LogP contribution in [-0.2, 0) is 4.79 Å². The maximum atomic E-state index is 12.0. The van der Waals surface area contributed by atoms with Gasteiger partial charge in [0.2, 0.25) is 5.91 Å². The van der Waals surface area contributed by atoms with Crippen LogP contribution in [0.3, 0.4) is 0 Å². The van der Waals surface area contributed by atoms with Gasteiger partial charge in [-0.25, -0.2) is 0 Å². The van der Waals surface area contributed by atoms with Crippen LogP contribution in [0.15, 0.2) is 29.2 Å². The quantitative estimate of drug-likeness (QED) is 0.794. The van der Waals surface area contributed by atoms with Crippen LogP contribution in [0.25, 0.3) is 0 Å². The van der Waals surface area contributed by atoms with Gasteiger partial charge in [-0.15, -0.1) is 11.8 Å². The van der Waals surface area contributed by atoms with Gasteiger partial charge >= 0.3 is 0 Å². The van der Waals surface area contributed by atoms with E-state index in [1.807, 2.05) is 12.1 Å². The summed E-state index contributed by atoms with van der Waals surface area (Å²) in [7, 11) is 0. The van der Waals surface area contributed by atoms with E-state index in [9.17, 15) is 9.90 Å². The van der Waals surface area contributed by atoms with Crippen LogP contribution < -0.4 is 5.32 Å². The topological polar surface area (TPSA) is 49.3 Å². The number of aryl methyl sites for hydroxylation is 1. The lowest BCUT2D eigenvalue weighted by Gasteiger charge is -2.35. The number of hydrogen-bond donors (Lipinski definition) is 2. The van der Waals surface area contributed by atoms with Crippen molar-refractivity contribution in [2.75, 3.05) is 18.9 Å². The normalized spacial score (nSPS) is 17.4. The summed E-state index contributed by atoms with van der Waals surface area (Å²) in [6, 6.07) is 8.21. The summed E-state index contributed by atoms with van der Waals surface area (Å²) in [6.07, 6.45) is 5.62. The zero-order valence-corrected chi connectivity index (χ0v) is 13.5. The number of aliphatic hydroxyl groups excluding tert-OH is 1. The standard InChI is InChI=1S/C17H25NO2S/c1-14-5-7-15(8-6-14)21-11-16(20)18-12-17(13-19)9-3-2-4-10-17/h5-8,19H,2-4,9-13H2,1H3,(H,18,20). The Kier molecular flexibility index (Phi) is 6.12.